The van der Waals surface area contributed by atoms with E-state index < -0.39 is 30.1 Å². The van der Waals surface area contributed by atoms with E-state index in [1.165, 1.54) is 201 Å². The van der Waals surface area contributed by atoms with Gasteiger partial charge in [0.15, 0.2) is 0 Å². The van der Waals surface area contributed by atoms with Gasteiger partial charge in [-0.1, -0.05) is 205 Å². The minimum absolute atomic E-state index is 0.0455. The molecule has 10 nitrogen and oxygen atoms in total. The molecule has 0 aromatic heterocycles. The molecule has 0 amide bonds. The van der Waals surface area contributed by atoms with Crippen LogP contribution in [0.1, 0.15) is 194 Å². The molecule has 69 heavy (non-hydrogen) atoms. The van der Waals surface area contributed by atoms with Crippen LogP contribution in [-0.4, -0.2) is 47.0 Å². The van der Waals surface area contributed by atoms with Crippen LogP contribution < -0.4 is 8.37 Å². The fourth-order valence-corrected chi connectivity index (χ4v) is 12.5. The highest BCUT2D eigenvalue weighted by Gasteiger charge is 2.28. The molecular weight excluding hydrogens is 929 g/mol. The predicted octanol–water partition coefficient (Wildman–Crippen LogP) is 15.6. The highest BCUT2D eigenvalue weighted by molar-refractivity contribution is 7.91. The van der Waals surface area contributed by atoms with Gasteiger partial charge in [-0.25, -0.2) is 8.42 Å². The minimum atomic E-state index is -4.45. The van der Waals surface area contributed by atoms with Gasteiger partial charge >= 0.3 is 20.2 Å². The van der Waals surface area contributed by atoms with Crippen LogP contribution in [0.15, 0.2) is 94.7 Å². The molecule has 0 fully saturated rings. The maximum atomic E-state index is 14.9. The second-order valence-electron chi connectivity index (χ2n) is 18.8. The summed E-state index contributed by atoms with van der Waals surface area (Å²) in [7, 11) is -12.5. The number of hydrogen-bond acceptors (Lipinski definition) is 10. The van der Waals surface area contributed by atoms with Gasteiger partial charge in [-0.3, -0.25) is 0 Å². The van der Waals surface area contributed by atoms with E-state index >= 15 is 0 Å². The highest BCUT2D eigenvalue weighted by atomic mass is 32.2. The molecule has 0 unspecified atom stereocenters. The molecule has 0 heterocycles. The minimum Gasteiger partial charge on any atom is -0.508 e. The summed E-state index contributed by atoms with van der Waals surface area (Å²) in [6.07, 6.45) is 31.9. The third-order valence-electron chi connectivity index (χ3n) is 12.8. The molecule has 0 saturated carbocycles. The van der Waals surface area contributed by atoms with Crippen LogP contribution in [0.25, 0.3) is 22.3 Å². The summed E-state index contributed by atoms with van der Waals surface area (Å²) >= 11 is 0. The number of phenols is 2. The van der Waals surface area contributed by atoms with Crippen molar-refractivity contribution < 1.29 is 43.8 Å². The predicted molar refractivity (Wildman–Crippen MR) is 282 cm³/mol. The third kappa shape index (κ3) is 21.9. The third-order valence-corrected chi connectivity index (χ3v) is 17.1. The molecule has 0 aliphatic heterocycles. The number of rotatable bonds is 38. The zero-order valence-electron chi connectivity index (χ0n) is 41.7. The monoisotopic (exact) mass is 1010 g/mol. The first-order valence-corrected chi connectivity index (χ1v) is 30.8. The van der Waals surface area contributed by atoms with Crippen LogP contribution in [0.3, 0.4) is 0 Å². The summed E-state index contributed by atoms with van der Waals surface area (Å²) in [5.74, 6) is -0.576. The summed E-state index contributed by atoms with van der Waals surface area (Å²) in [4.78, 5) is -0.354. The van der Waals surface area contributed by atoms with E-state index in [1.54, 1.807) is 0 Å². The summed E-state index contributed by atoms with van der Waals surface area (Å²) in [6, 6.07) is 19.6. The quantitative estimate of drug-likeness (QED) is 0.0327. The van der Waals surface area contributed by atoms with Crippen LogP contribution in [-0.2, 0) is 30.1 Å². The molecular formula is C56H82O10S3. The summed E-state index contributed by atoms with van der Waals surface area (Å²) in [5, 5.41) is 20.2. The highest BCUT2D eigenvalue weighted by Crippen LogP contribution is 2.40. The van der Waals surface area contributed by atoms with E-state index in [4.69, 9.17) is 8.37 Å². The first-order chi connectivity index (χ1) is 33.2. The van der Waals surface area contributed by atoms with E-state index in [2.05, 4.69) is 13.8 Å². The van der Waals surface area contributed by atoms with Crippen molar-refractivity contribution in [3.05, 3.63) is 84.9 Å². The molecule has 0 atom stereocenters. The van der Waals surface area contributed by atoms with Gasteiger partial charge in [0, 0.05) is 11.1 Å². The van der Waals surface area contributed by atoms with Gasteiger partial charge in [0.1, 0.15) is 23.0 Å². The summed E-state index contributed by atoms with van der Waals surface area (Å²) < 4.78 is 93.6. The molecule has 0 spiro atoms. The second-order valence-corrected chi connectivity index (χ2v) is 24.1. The number of sulfone groups is 1. The number of aromatic hydroxyl groups is 2. The number of phenolic OH excluding ortho intramolecular Hbond substituents is 2. The number of unbranched alkanes of at least 4 members (excludes halogenated alkanes) is 26. The van der Waals surface area contributed by atoms with Gasteiger partial charge in [0.2, 0.25) is 9.84 Å². The lowest BCUT2D eigenvalue weighted by molar-refractivity contribution is 0.475. The van der Waals surface area contributed by atoms with Crippen molar-refractivity contribution in [2.24, 2.45) is 0 Å². The fourth-order valence-electron chi connectivity index (χ4n) is 8.77. The number of benzene rings is 4. The summed E-state index contributed by atoms with van der Waals surface area (Å²) in [5.41, 5.74) is 1.02. The van der Waals surface area contributed by atoms with Crippen molar-refractivity contribution >= 4 is 30.1 Å². The molecule has 0 saturated heterocycles. The topological polar surface area (TPSA) is 161 Å². The molecule has 0 radical (unpaired) electrons. The molecule has 0 aliphatic carbocycles. The Morgan fingerprint density at radius 1 is 0.348 bits per heavy atom. The average Bonchev–Trinajstić information content (AvgIpc) is 3.31. The van der Waals surface area contributed by atoms with E-state index in [9.17, 15) is 35.5 Å². The second kappa shape index (κ2) is 31.3. The van der Waals surface area contributed by atoms with Gasteiger partial charge < -0.3 is 18.6 Å². The lowest BCUT2D eigenvalue weighted by atomic mass is 10.0. The Morgan fingerprint density at radius 3 is 0.884 bits per heavy atom. The van der Waals surface area contributed by atoms with Crippen LogP contribution in [0.2, 0.25) is 0 Å². The van der Waals surface area contributed by atoms with E-state index in [0.717, 1.165) is 51.4 Å². The van der Waals surface area contributed by atoms with Crippen LogP contribution in [0, 0.1) is 0 Å². The normalized spacial score (nSPS) is 12.1. The van der Waals surface area contributed by atoms with Crippen molar-refractivity contribution in [3.63, 3.8) is 0 Å². The molecule has 384 valence electrons. The van der Waals surface area contributed by atoms with Crippen LogP contribution in [0.5, 0.6) is 23.0 Å². The van der Waals surface area contributed by atoms with Crippen molar-refractivity contribution in [3.8, 4) is 45.3 Å². The zero-order valence-corrected chi connectivity index (χ0v) is 44.1. The first-order valence-electron chi connectivity index (χ1n) is 26.2. The Balaban J connectivity index is 1.40. The summed E-state index contributed by atoms with van der Waals surface area (Å²) in [6.45, 7) is 4.47. The number of hydrogen-bond donors (Lipinski definition) is 2. The van der Waals surface area contributed by atoms with E-state index in [0.29, 0.717) is 24.0 Å². The Morgan fingerprint density at radius 2 is 0.609 bits per heavy atom. The lowest BCUT2D eigenvalue weighted by Gasteiger charge is -2.17. The molecule has 0 aliphatic rings. The van der Waals surface area contributed by atoms with Gasteiger partial charge in [-0.05, 0) is 84.6 Å². The van der Waals surface area contributed by atoms with Gasteiger partial charge in [-0.15, -0.1) is 0 Å². The van der Waals surface area contributed by atoms with E-state index in [1.807, 2.05) is 0 Å². The van der Waals surface area contributed by atoms with Crippen LogP contribution in [0.4, 0.5) is 0 Å². The fraction of sp³-hybridized carbons (Fsp3) is 0.571. The van der Waals surface area contributed by atoms with Gasteiger partial charge in [0.25, 0.3) is 0 Å². The Bertz CT molecular complexity index is 2230. The van der Waals surface area contributed by atoms with Gasteiger partial charge in [-0.2, -0.15) is 16.8 Å². The Hall–Kier alpha value is -4.07. The Labute approximate surface area is 416 Å². The van der Waals surface area contributed by atoms with Gasteiger partial charge in [0.05, 0.1) is 21.3 Å². The largest absolute Gasteiger partial charge is 0.508 e. The molecule has 2 N–H and O–H groups in total. The molecule has 4 rings (SSSR count). The van der Waals surface area contributed by atoms with E-state index in [-0.39, 0.29) is 55.4 Å². The van der Waals surface area contributed by atoms with Crippen molar-refractivity contribution in [1.82, 2.24) is 0 Å². The van der Waals surface area contributed by atoms with Crippen molar-refractivity contribution in [1.29, 1.82) is 0 Å². The average molecular weight is 1010 g/mol. The Kier molecular flexibility index (Phi) is 26.1. The molecule has 0 bridgehead atoms. The van der Waals surface area contributed by atoms with Crippen LogP contribution >= 0.6 is 0 Å². The lowest BCUT2D eigenvalue weighted by Crippen LogP contribution is -2.15. The van der Waals surface area contributed by atoms with Crippen molar-refractivity contribution in [2.75, 3.05) is 11.5 Å². The maximum absolute atomic E-state index is 14.9. The molecule has 4 aromatic carbocycles. The standard InChI is InChI=1S/C56H82O10S3/c1-3-5-7-9-11-13-15-17-19-21-23-25-27-29-43-67(59,60)65-51-39-41-55(53(45-51)47-31-35-49(57)36-32-47)69(63,64)56-42-40-52(46-54(56)48-33-37-50(58)38-34-48)66-68(61,62)44-30-28-26-24-22-20-18-16-14-12-10-8-6-4-2/h31-42,45-46,57-58H,3-30,43-44H2,1-2H3. The SMILES string of the molecule is CCCCCCCCCCCCCCCCS(=O)(=O)Oc1ccc(S(=O)(=O)c2ccc(OS(=O)(=O)CCCCCCCCCCCCCCCC)cc2-c2ccc(O)cc2)c(-c2ccc(O)cc2)c1. The zero-order chi connectivity index (χ0) is 49.8. The smallest absolute Gasteiger partial charge is 0.309 e. The molecule has 13 heteroatoms. The maximum Gasteiger partial charge on any atom is 0.309 e. The van der Waals surface area contributed by atoms with Crippen molar-refractivity contribution in [2.45, 2.75) is 203 Å². The first kappa shape index (κ1) is 57.5. The molecule has 4 aromatic rings.